The summed E-state index contributed by atoms with van der Waals surface area (Å²) < 4.78 is 0. The Hall–Kier alpha value is -8.11. The fourth-order valence-electron chi connectivity index (χ4n) is 10.8. The van der Waals surface area contributed by atoms with Crippen LogP contribution in [0.4, 0.5) is 0 Å². The van der Waals surface area contributed by atoms with Crippen LogP contribution in [0.25, 0.3) is 0 Å². The maximum absolute atomic E-state index is 14.2. The Kier molecular flexibility index (Phi) is 46.4. The number of carbonyl (C=O) groups is 15. The van der Waals surface area contributed by atoms with Crippen molar-refractivity contribution in [2.24, 2.45) is 69.9 Å². The van der Waals surface area contributed by atoms with Crippen molar-refractivity contribution in [3.63, 3.8) is 0 Å². The first-order valence-electron chi connectivity index (χ1n) is 37.0. The molecule has 0 aromatic rings. The lowest BCUT2D eigenvalue weighted by Crippen LogP contribution is -2.61. The number of unbranched alkanes of at least 4 members (excludes halogenated alkanes) is 3. The third-order valence-corrected chi connectivity index (χ3v) is 17.5. The number of amides is 15. The van der Waals surface area contributed by atoms with Gasteiger partial charge in [-0.25, -0.2) is 0 Å². The van der Waals surface area contributed by atoms with Gasteiger partial charge in [0.05, 0.1) is 12.5 Å². The summed E-state index contributed by atoms with van der Waals surface area (Å²) in [7, 11) is 0. The monoisotopic (exact) mass is 1480 g/mol. The molecule has 34 heteroatoms. The zero-order chi connectivity index (χ0) is 79.8. The van der Waals surface area contributed by atoms with E-state index < -0.39 is 186 Å². The second-order valence-electron chi connectivity index (χ2n) is 29.1. The lowest BCUT2D eigenvalue weighted by molar-refractivity contribution is -0.136. The minimum absolute atomic E-state index is 0.00864. The molecule has 34 nitrogen and oxygen atoms in total. The van der Waals surface area contributed by atoms with E-state index in [1.807, 2.05) is 34.6 Å². The highest BCUT2D eigenvalue weighted by molar-refractivity contribution is 6.00. The molecule has 0 unspecified atom stereocenters. The van der Waals surface area contributed by atoms with Crippen LogP contribution in [0.3, 0.4) is 0 Å². The second-order valence-corrected chi connectivity index (χ2v) is 29.1. The van der Waals surface area contributed by atoms with Gasteiger partial charge in [0.25, 0.3) is 0 Å². The van der Waals surface area contributed by atoms with Crippen LogP contribution in [0, 0.1) is 35.5 Å². The summed E-state index contributed by atoms with van der Waals surface area (Å²) in [6.07, 6.45) is 3.65. The van der Waals surface area contributed by atoms with E-state index >= 15 is 0 Å². The third-order valence-electron chi connectivity index (χ3n) is 17.5. The fraction of sp³-hybridized carbons (Fsp3) is 0.786. The molecular weight excluding hydrogens is 1350 g/mol. The lowest BCUT2D eigenvalue weighted by atomic mass is 9.97. The van der Waals surface area contributed by atoms with Crippen LogP contribution in [0.1, 0.15) is 214 Å². The van der Waals surface area contributed by atoms with Gasteiger partial charge in [0, 0.05) is 0 Å². The quantitative estimate of drug-likeness (QED) is 0.0285. The summed E-state index contributed by atoms with van der Waals surface area (Å²) in [5, 5.41) is 34.1. The van der Waals surface area contributed by atoms with Crippen LogP contribution in [0.15, 0.2) is 0 Å². The molecule has 0 rings (SSSR count). The lowest BCUT2D eigenvalue weighted by Gasteiger charge is -2.28. The van der Waals surface area contributed by atoms with Gasteiger partial charge in [0.15, 0.2) is 0 Å². The Morgan fingerprint density at radius 1 is 0.279 bits per heavy atom. The molecule has 16 atom stereocenters. The average Bonchev–Trinajstić information content (AvgIpc) is 0.872. The van der Waals surface area contributed by atoms with Crippen LogP contribution >= 0.6 is 0 Å². The van der Waals surface area contributed by atoms with Crippen molar-refractivity contribution in [3.8, 4) is 0 Å². The van der Waals surface area contributed by atoms with Gasteiger partial charge in [-0.05, 0) is 166 Å². The molecule has 0 fully saturated rings. The van der Waals surface area contributed by atoms with E-state index in [0.29, 0.717) is 57.9 Å². The average molecular weight is 1480 g/mol. The van der Waals surface area contributed by atoms with Crippen LogP contribution < -0.4 is 104 Å². The Bertz CT molecular complexity index is 2790. The summed E-state index contributed by atoms with van der Waals surface area (Å²) in [4.78, 5) is 204. The number of hydrogen-bond donors (Lipinski definition) is 19. The fourth-order valence-corrected chi connectivity index (χ4v) is 10.8. The number of rotatable bonds is 53. The smallest absolute Gasteiger partial charge is 0.243 e. The molecule has 104 heavy (non-hydrogen) atoms. The SMILES string of the molecule is CC[C@@H](C)[C@@H](N)C(=O)N[C@H](CC(N)=O)C(=O)N[C@H](CC(C)C)C(=O)N[C@H](CCCCN)C(=O)N[C@H](C)C(=O)N[C@@H](C(=O)N[C@H](C)C(=O)N[C@H](C)C(=O)N[C@H](CC(C)C)C(=O)N[C@H](C)C(=O)N[C@H](CCCCN)C(=O)N[C@H](CCCCN)C(=O)N[C@H](CC(C)C)C(=O)N[C@H](CC(C)C)C(N)=O)[C@H](C)CC. The third kappa shape index (κ3) is 37.5. The van der Waals surface area contributed by atoms with E-state index in [2.05, 4.69) is 69.1 Å². The van der Waals surface area contributed by atoms with Crippen molar-refractivity contribution >= 4 is 88.6 Å². The van der Waals surface area contributed by atoms with E-state index in [1.54, 1.807) is 48.5 Å². The number of nitrogens with one attached hydrogen (secondary N) is 13. The number of primary amides is 2. The highest BCUT2D eigenvalue weighted by atomic mass is 16.2. The van der Waals surface area contributed by atoms with Gasteiger partial charge in [0.2, 0.25) is 88.6 Å². The first kappa shape index (κ1) is 95.9. The maximum atomic E-state index is 14.2. The summed E-state index contributed by atoms with van der Waals surface area (Å²) in [5.41, 5.74) is 34.4. The Labute approximate surface area is 615 Å². The normalized spacial score (nSPS) is 16.0. The number of hydrogen-bond acceptors (Lipinski definition) is 19. The first-order valence-corrected chi connectivity index (χ1v) is 37.0. The molecule has 0 heterocycles. The van der Waals surface area contributed by atoms with E-state index in [4.69, 9.17) is 34.4 Å². The van der Waals surface area contributed by atoms with Crippen molar-refractivity contribution in [1.82, 2.24) is 69.1 Å². The summed E-state index contributed by atoms with van der Waals surface area (Å²) in [6, 6.07) is -17.3. The zero-order valence-electron chi connectivity index (χ0n) is 64.6. The molecule has 596 valence electrons. The molecule has 0 aromatic carbocycles. The molecule has 0 saturated carbocycles. The molecule has 0 aromatic heterocycles. The zero-order valence-corrected chi connectivity index (χ0v) is 64.6. The minimum Gasteiger partial charge on any atom is -0.370 e. The van der Waals surface area contributed by atoms with Crippen molar-refractivity contribution in [2.45, 2.75) is 298 Å². The Balaban J connectivity index is 6.37. The first-order chi connectivity index (χ1) is 48.6. The molecule has 25 N–H and O–H groups in total. The maximum Gasteiger partial charge on any atom is 0.243 e. The summed E-state index contributed by atoms with van der Waals surface area (Å²) in [5.74, 6) is -13.0. The highest BCUT2D eigenvalue weighted by Crippen LogP contribution is 2.16. The van der Waals surface area contributed by atoms with Gasteiger partial charge in [-0.15, -0.1) is 0 Å². The van der Waals surface area contributed by atoms with Crippen molar-refractivity contribution in [3.05, 3.63) is 0 Å². The van der Waals surface area contributed by atoms with E-state index in [1.165, 1.54) is 27.7 Å². The van der Waals surface area contributed by atoms with E-state index in [0.717, 1.165) is 0 Å². The van der Waals surface area contributed by atoms with Gasteiger partial charge >= 0.3 is 0 Å². The predicted octanol–water partition coefficient (Wildman–Crippen LogP) is -2.28. The molecule has 0 aliphatic rings. The van der Waals surface area contributed by atoms with E-state index in [9.17, 15) is 71.9 Å². The van der Waals surface area contributed by atoms with Gasteiger partial charge in [-0.3, -0.25) is 71.9 Å². The van der Waals surface area contributed by atoms with Crippen molar-refractivity contribution < 1.29 is 71.9 Å². The Morgan fingerprint density at radius 2 is 0.529 bits per heavy atom. The van der Waals surface area contributed by atoms with Crippen LogP contribution in [0.2, 0.25) is 0 Å². The van der Waals surface area contributed by atoms with Crippen LogP contribution in [-0.4, -0.2) is 193 Å². The van der Waals surface area contributed by atoms with Gasteiger partial charge in [-0.2, -0.15) is 0 Å². The summed E-state index contributed by atoms with van der Waals surface area (Å²) >= 11 is 0. The highest BCUT2D eigenvalue weighted by Gasteiger charge is 2.38. The molecule has 0 bridgehead atoms. The Morgan fingerprint density at radius 3 is 0.865 bits per heavy atom. The largest absolute Gasteiger partial charge is 0.370 e. The molecule has 0 spiro atoms. The molecule has 0 radical (unpaired) electrons. The van der Waals surface area contributed by atoms with Gasteiger partial charge in [-0.1, -0.05) is 95.9 Å². The molecule has 15 amide bonds. The van der Waals surface area contributed by atoms with Gasteiger partial charge < -0.3 is 104 Å². The topological polar surface area (TPSA) is 569 Å². The van der Waals surface area contributed by atoms with Crippen molar-refractivity contribution in [2.75, 3.05) is 19.6 Å². The predicted molar refractivity (Wildman–Crippen MR) is 394 cm³/mol. The standard InChI is InChI=1S/C70H131N19O15/c1-17-40(11)55(75)69(103)88-53(35-54(74)90)68(102)87-51(33-38(7)8)66(100)83-46(25-19-22-28-71)62(96)78-45(16)61(95)89-56(41(12)18-2)70(104)80-42(13)58(92)77-43(14)60(94)85-50(32-37(5)6)65(99)79-44(15)59(93)81-47(26-20-23-29-72)63(97)82-48(27-21-24-30-73)64(98)86-52(34-39(9)10)67(101)84-49(57(76)91)31-36(3)4/h36-53,55-56H,17-35,71-73,75H2,1-16H3,(H2,74,90)(H2,76,91)(H,77,92)(H,78,96)(H,79,99)(H,80,104)(H,81,93)(H,82,97)(H,83,100)(H,84,101)(H,85,94)(H,86,98)(H,87,102)(H,88,103)(H,89,95)/t40-,41-,42-,43-,44-,45-,46-,47-,48-,49-,50-,51-,52-,53-,55-,56-/m1/s1. The van der Waals surface area contributed by atoms with Crippen LogP contribution in [-0.2, 0) is 71.9 Å². The van der Waals surface area contributed by atoms with Crippen LogP contribution in [0.5, 0.6) is 0 Å². The molecule has 0 aliphatic carbocycles. The number of carbonyl (C=O) groups excluding carboxylic acids is 15. The number of nitrogens with two attached hydrogens (primary N) is 6. The summed E-state index contributed by atoms with van der Waals surface area (Å²) in [6.45, 7) is 27.8. The van der Waals surface area contributed by atoms with Gasteiger partial charge in [0.1, 0.15) is 78.5 Å². The van der Waals surface area contributed by atoms with E-state index in [-0.39, 0.29) is 87.6 Å². The second kappa shape index (κ2) is 50.4. The molecular formula is C70H131N19O15. The minimum atomic E-state index is -1.48. The van der Waals surface area contributed by atoms with Crippen molar-refractivity contribution in [1.29, 1.82) is 0 Å². The molecule has 0 saturated heterocycles. The molecule has 0 aliphatic heterocycles.